The van der Waals surface area contributed by atoms with Crippen LogP contribution in [0.5, 0.6) is 0 Å². The molecule has 0 N–H and O–H groups in total. The van der Waals surface area contributed by atoms with Crippen LogP contribution in [0.1, 0.15) is 23.3 Å². The zero-order valence-electron chi connectivity index (χ0n) is 16.1. The lowest BCUT2D eigenvalue weighted by molar-refractivity contribution is 0.0333. The second kappa shape index (κ2) is 9.25. The van der Waals surface area contributed by atoms with Gasteiger partial charge in [-0.1, -0.05) is 0 Å². The van der Waals surface area contributed by atoms with Crippen molar-refractivity contribution in [3.63, 3.8) is 0 Å². The fourth-order valence-electron chi connectivity index (χ4n) is 3.75. The van der Waals surface area contributed by atoms with Crippen LogP contribution in [-0.4, -0.2) is 98.2 Å². The van der Waals surface area contributed by atoms with Crippen LogP contribution in [0.25, 0.3) is 0 Å². The molecule has 156 valence electrons. The maximum absolute atomic E-state index is 13.9. The number of likely N-dealkylation sites (tertiary alicyclic amines) is 1. The van der Waals surface area contributed by atoms with Gasteiger partial charge in [-0.05, 0) is 25.0 Å². The Bertz CT molecular complexity index is 786. The number of sulfonamides is 1. The zero-order valence-corrected chi connectivity index (χ0v) is 16.9. The van der Waals surface area contributed by atoms with Crippen molar-refractivity contribution in [1.29, 1.82) is 0 Å². The van der Waals surface area contributed by atoms with Crippen LogP contribution in [0.3, 0.4) is 0 Å². The van der Waals surface area contributed by atoms with Gasteiger partial charge in [0.2, 0.25) is 10.0 Å². The molecule has 0 bridgehead atoms. The molecule has 0 aliphatic carbocycles. The number of amides is 1. The number of rotatable bonds is 6. The molecular formula is C18H27FN4O4S. The summed E-state index contributed by atoms with van der Waals surface area (Å²) in [6, 6.07) is 2.31. The molecule has 2 aliphatic heterocycles. The predicted octanol–water partition coefficient (Wildman–Crippen LogP) is 0.419. The van der Waals surface area contributed by atoms with Gasteiger partial charge in [0.05, 0.1) is 19.5 Å². The highest BCUT2D eigenvalue weighted by atomic mass is 32.2. The number of piperidine rings is 1. The van der Waals surface area contributed by atoms with Crippen molar-refractivity contribution in [2.75, 3.05) is 58.7 Å². The Kier molecular flexibility index (Phi) is 6.97. The first-order valence-corrected chi connectivity index (χ1v) is 11.4. The fourth-order valence-corrected chi connectivity index (χ4v) is 4.88. The molecule has 8 nitrogen and oxygen atoms in total. The SMILES string of the molecule is CS(=O)(=O)N(CCN1CCOCC1)C1CCCN(C(=O)c2ncccc2F)C1. The Morgan fingerprint density at radius 3 is 2.79 bits per heavy atom. The van der Waals surface area contributed by atoms with Gasteiger partial charge in [0, 0.05) is 51.5 Å². The third-order valence-corrected chi connectivity index (χ3v) is 6.55. The highest BCUT2D eigenvalue weighted by molar-refractivity contribution is 7.88. The van der Waals surface area contributed by atoms with E-state index in [1.165, 1.54) is 33.8 Å². The summed E-state index contributed by atoms with van der Waals surface area (Å²) in [5.41, 5.74) is -0.220. The summed E-state index contributed by atoms with van der Waals surface area (Å²) in [7, 11) is -3.44. The summed E-state index contributed by atoms with van der Waals surface area (Å²) in [6.07, 6.45) is 3.91. The minimum atomic E-state index is -3.44. The summed E-state index contributed by atoms with van der Waals surface area (Å²) in [4.78, 5) is 20.2. The molecule has 3 rings (SSSR count). The van der Waals surface area contributed by atoms with E-state index in [0.29, 0.717) is 45.7 Å². The Morgan fingerprint density at radius 2 is 2.11 bits per heavy atom. The maximum Gasteiger partial charge on any atom is 0.275 e. The number of carbonyl (C=O) groups is 1. The number of pyridine rings is 1. The van der Waals surface area contributed by atoms with Crippen molar-refractivity contribution < 1.29 is 22.3 Å². The average molecular weight is 415 g/mol. The van der Waals surface area contributed by atoms with Gasteiger partial charge in [-0.3, -0.25) is 9.69 Å². The van der Waals surface area contributed by atoms with E-state index in [9.17, 15) is 17.6 Å². The number of morpholine rings is 1. The van der Waals surface area contributed by atoms with Crippen molar-refractivity contribution in [3.8, 4) is 0 Å². The molecule has 10 heteroatoms. The molecule has 0 radical (unpaired) electrons. The lowest BCUT2D eigenvalue weighted by Gasteiger charge is -2.39. The fraction of sp³-hybridized carbons (Fsp3) is 0.667. The van der Waals surface area contributed by atoms with Crippen LogP contribution in [0.15, 0.2) is 18.3 Å². The van der Waals surface area contributed by atoms with Crippen molar-refractivity contribution in [2.45, 2.75) is 18.9 Å². The summed E-state index contributed by atoms with van der Waals surface area (Å²) in [5, 5.41) is 0. The first-order valence-electron chi connectivity index (χ1n) is 9.53. The standard InChI is InChI=1S/C18H27FN4O4S/c1-28(25,26)23(9-8-21-10-12-27-13-11-21)15-4-3-7-22(14-15)18(24)17-16(19)5-2-6-20-17/h2,5-6,15H,3-4,7-14H2,1H3. The molecule has 1 aromatic rings. The molecule has 28 heavy (non-hydrogen) atoms. The van der Waals surface area contributed by atoms with Crippen LogP contribution in [0, 0.1) is 5.82 Å². The van der Waals surface area contributed by atoms with E-state index in [-0.39, 0.29) is 18.3 Å². The van der Waals surface area contributed by atoms with Gasteiger partial charge in [-0.2, -0.15) is 4.31 Å². The minimum Gasteiger partial charge on any atom is -0.379 e. The maximum atomic E-state index is 13.9. The number of hydrogen-bond donors (Lipinski definition) is 0. The quantitative estimate of drug-likeness (QED) is 0.671. The summed E-state index contributed by atoms with van der Waals surface area (Å²) in [6.45, 7) is 4.56. The molecule has 0 aromatic carbocycles. The molecule has 3 heterocycles. The van der Waals surface area contributed by atoms with Crippen LogP contribution < -0.4 is 0 Å². The van der Waals surface area contributed by atoms with E-state index in [1.54, 1.807) is 0 Å². The van der Waals surface area contributed by atoms with Gasteiger partial charge in [0.1, 0.15) is 0 Å². The highest BCUT2D eigenvalue weighted by Crippen LogP contribution is 2.20. The van der Waals surface area contributed by atoms with Crippen LogP contribution in [0.4, 0.5) is 4.39 Å². The average Bonchev–Trinajstić information content (AvgIpc) is 2.68. The molecule has 1 unspecified atom stereocenters. The highest BCUT2D eigenvalue weighted by Gasteiger charge is 2.34. The Balaban J connectivity index is 1.68. The van der Waals surface area contributed by atoms with Gasteiger partial charge in [0.15, 0.2) is 11.5 Å². The summed E-state index contributed by atoms with van der Waals surface area (Å²) >= 11 is 0. The topological polar surface area (TPSA) is 83.1 Å². The lowest BCUT2D eigenvalue weighted by atomic mass is 10.0. The van der Waals surface area contributed by atoms with Gasteiger partial charge in [-0.15, -0.1) is 0 Å². The predicted molar refractivity (Wildman–Crippen MR) is 102 cm³/mol. The normalized spacial score (nSPS) is 21.8. The zero-order chi connectivity index (χ0) is 20.1. The van der Waals surface area contributed by atoms with Crippen LogP contribution in [0.2, 0.25) is 0 Å². The number of aromatic nitrogens is 1. The van der Waals surface area contributed by atoms with E-state index < -0.39 is 21.7 Å². The van der Waals surface area contributed by atoms with Crippen molar-refractivity contribution >= 4 is 15.9 Å². The van der Waals surface area contributed by atoms with Crippen molar-refractivity contribution in [2.24, 2.45) is 0 Å². The van der Waals surface area contributed by atoms with Gasteiger partial charge >= 0.3 is 0 Å². The second-order valence-electron chi connectivity index (χ2n) is 7.21. The molecule has 2 aliphatic rings. The third-order valence-electron chi connectivity index (χ3n) is 5.22. The molecule has 2 saturated heterocycles. The molecule has 1 aromatic heterocycles. The van der Waals surface area contributed by atoms with Crippen molar-refractivity contribution in [3.05, 3.63) is 29.8 Å². The first kappa shape index (κ1) is 21.1. The first-order chi connectivity index (χ1) is 13.4. The van der Waals surface area contributed by atoms with Crippen LogP contribution >= 0.6 is 0 Å². The third kappa shape index (κ3) is 5.25. The molecule has 1 atom stereocenters. The minimum absolute atomic E-state index is 0.220. The van der Waals surface area contributed by atoms with Crippen molar-refractivity contribution in [1.82, 2.24) is 19.1 Å². The largest absolute Gasteiger partial charge is 0.379 e. The molecule has 2 fully saturated rings. The van der Waals surface area contributed by atoms with E-state index in [4.69, 9.17) is 4.74 Å². The number of carbonyl (C=O) groups excluding carboxylic acids is 1. The monoisotopic (exact) mass is 414 g/mol. The Morgan fingerprint density at radius 1 is 1.36 bits per heavy atom. The Labute approximate surface area is 165 Å². The number of nitrogens with zero attached hydrogens (tertiary/aromatic N) is 4. The van der Waals surface area contributed by atoms with Crippen LogP contribution in [-0.2, 0) is 14.8 Å². The van der Waals surface area contributed by atoms with E-state index in [1.807, 2.05) is 0 Å². The molecule has 0 spiro atoms. The summed E-state index contributed by atoms with van der Waals surface area (Å²) < 4.78 is 45.6. The Hall–Kier alpha value is -1.62. The van der Waals surface area contributed by atoms with E-state index >= 15 is 0 Å². The number of hydrogen-bond acceptors (Lipinski definition) is 6. The lowest BCUT2D eigenvalue weighted by Crippen LogP contribution is -2.53. The second-order valence-corrected chi connectivity index (χ2v) is 9.14. The number of halogens is 1. The molecular weight excluding hydrogens is 387 g/mol. The smallest absolute Gasteiger partial charge is 0.275 e. The van der Waals surface area contributed by atoms with Gasteiger partial charge in [0.25, 0.3) is 5.91 Å². The summed E-state index contributed by atoms with van der Waals surface area (Å²) in [5.74, 6) is -1.16. The van der Waals surface area contributed by atoms with Gasteiger partial charge in [-0.25, -0.2) is 17.8 Å². The molecule has 1 amide bonds. The van der Waals surface area contributed by atoms with Gasteiger partial charge < -0.3 is 9.64 Å². The number of ether oxygens (including phenoxy) is 1. The van der Waals surface area contributed by atoms with E-state index in [0.717, 1.165) is 13.1 Å². The van der Waals surface area contributed by atoms with E-state index in [2.05, 4.69) is 9.88 Å². The molecule has 0 saturated carbocycles.